The molecule has 0 spiro atoms. The monoisotopic (exact) mass is 278 g/mol. The van der Waals surface area contributed by atoms with Crippen LogP contribution in [0.5, 0.6) is 0 Å². The number of hydrogen-bond acceptors (Lipinski definition) is 2. The number of halogens is 1. The zero-order chi connectivity index (χ0) is 13.4. The van der Waals surface area contributed by atoms with Crippen LogP contribution in [0.1, 0.15) is 37.8 Å². The van der Waals surface area contributed by atoms with Crippen molar-refractivity contribution in [2.24, 2.45) is 5.92 Å². The molecule has 0 amide bonds. The van der Waals surface area contributed by atoms with E-state index in [2.05, 4.69) is 36.3 Å². The van der Waals surface area contributed by atoms with Crippen molar-refractivity contribution in [3.63, 3.8) is 0 Å². The van der Waals surface area contributed by atoms with E-state index >= 15 is 0 Å². The fourth-order valence-corrected chi connectivity index (χ4v) is 4.01. The molecule has 2 aliphatic rings. The largest absolute Gasteiger partial charge is 0.311 e. The summed E-state index contributed by atoms with van der Waals surface area (Å²) in [6.45, 7) is 3.42. The zero-order valence-electron chi connectivity index (χ0n) is 11.8. The minimum atomic E-state index is 0.382. The molecule has 0 saturated carbocycles. The van der Waals surface area contributed by atoms with Crippen molar-refractivity contribution in [2.45, 2.75) is 44.3 Å². The summed E-state index contributed by atoms with van der Waals surface area (Å²) in [7, 11) is 2.22. The maximum atomic E-state index is 6.30. The number of nitrogens with one attached hydrogen (secondary N) is 1. The predicted molar refractivity (Wildman–Crippen MR) is 80.5 cm³/mol. The fraction of sp³-hybridized carbons (Fsp3) is 0.625. The molecule has 3 rings (SSSR count). The van der Waals surface area contributed by atoms with Gasteiger partial charge in [0.1, 0.15) is 0 Å². The standard InChI is InChI=1S/C16H23ClN2/c1-11(14-5-3-4-6-15(14)17)19(2)10-12-9-13-7-8-16(12)18-13/h3-6,11-13,16,18H,7-10H2,1-2H3. The van der Waals surface area contributed by atoms with Gasteiger partial charge in [0, 0.05) is 29.7 Å². The number of hydrogen-bond donors (Lipinski definition) is 1. The normalized spacial score (nSPS) is 31.1. The Labute approximate surface area is 121 Å². The van der Waals surface area contributed by atoms with Crippen LogP contribution in [0, 0.1) is 5.92 Å². The first-order chi connectivity index (χ1) is 9.15. The van der Waals surface area contributed by atoms with Crippen LogP contribution in [-0.2, 0) is 0 Å². The summed E-state index contributed by atoms with van der Waals surface area (Å²) in [5.41, 5.74) is 1.24. The van der Waals surface area contributed by atoms with E-state index in [-0.39, 0.29) is 0 Å². The molecule has 2 bridgehead atoms. The molecular weight excluding hydrogens is 256 g/mol. The molecule has 1 N–H and O–H groups in total. The Hall–Kier alpha value is -0.570. The van der Waals surface area contributed by atoms with Crippen LogP contribution in [0.15, 0.2) is 24.3 Å². The highest BCUT2D eigenvalue weighted by Crippen LogP contribution is 2.35. The Bertz CT molecular complexity index is 448. The van der Waals surface area contributed by atoms with Gasteiger partial charge in [0.2, 0.25) is 0 Å². The average molecular weight is 279 g/mol. The molecule has 0 aromatic heterocycles. The van der Waals surface area contributed by atoms with Gasteiger partial charge in [-0.05, 0) is 50.8 Å². The summed E-state index contributed by atoms with van der Waals surface area (Å²) in [5.74, 6) is 0.814. The van der Waals surface area contributed by atoms with Gasteiger partial charge >= 0.3 is 0 Å². The van der Waals surface area contributed by atoms with E-state index in [1.807, 2.05) is 12.1 Å². The molecule has 2 heterocycles. The van der Waals surface area contributed by atoms with Gasteiger partial charge in [0.25, 0.3) is 0 Å². The van der Waals surface area contributed by atoms with Crippen LogP contribution in [0.2, 0.25) is 5.02 Å². The summed E-state index contributed by atoms with van der Waals surface area (Å²) in [5, 5.41) is 4.60. The van der Waals surface area contributed by atoms with E-state index in [9.17, 15) is 0 Å². The first-order valence-corrected chi connectivity index (χ1v) is 7.73. The molecule has 19 heavy (non-hydrogen) atoms. The first-order valence-electron chi connectivity index (χ1n) is 7.36. The second kappa shape index (κ2) is 5.43. The van der Waals surface area contributed by atoms with Crippen molar-refractivity contribution in [3.8, 4) is 0 Å². The van der Waals surface area contributed by atoms with Crippen molar-refractivity contribution >= 4 is 11.6 Å². The fourth-order valence-electron chi connectivity index (χ4n) is 3.72. The van der Waals surface area contributed by atoms with Crippen LogP contribution in [0.3, 0.4) is 0 Å². The maximum Gasteiger partial charge on any atom is 0.0453 e. The van der Waals surface area contributed by atoms with Crippen molar-refractivity contribution in [1.82, 2.24) is 10.2 Å². The lowest BCUT2D eigenvalue weighted by Crippen LogP contribution is -2.34. The van der Waals surface area contributed by atoms with E-state index in [0.717, 1.165) is 23.0 Å². The van der Waals surface area contributed by atoms with Crippen molar-refractivity contribution in [1.29, 1.82) is 0 Å². The van der Waals surface area contributed by atoms with Crippen LogP contribution in [0.25, 0.3) is 0 Å². The molecule has 4 atom stereocenters. The van der Waals surface area contributed by atoms with E-state index < -0.39 is 0 Å². The lowest BCUT2D eigenvalue weighted by molar-refractivity contribution is 0.202. The quantitative estimate of drug-likeness (QED) is 0.907. The van der Waals surface area contributed by atoms with Gasteiger partial charge in [0.05, 0.1) is 0 Å². The summed E-state index contributed by atoms with van der Waals surface area (Å²) in [6.07, 6.45) is 4.10. The Morgan fingerprint density at radius 1 is 1.37 bits per heavy atom. The summed E-state index contributed by atoms with van der Waals surface area (Å²) in [6, 6.07) is 10.1. The van der Waals surface area contributed by atoms with E-state index in [0.29, 0.717) is 6.04 Å². The van der Waals surface area contributed by atoms with Crippen LogP contribution in [0.4, 0.5) is 0 Å². The van der Waals surface area contributed by atoms with Crippen LogP contribution in [-0.4, -0.2) is 30.6 Å². The summed E-state index contributed by atoms with van der Waals surface area (Å²) in [4.78, 5) is 2.45. The van der Waals surface area contributed by atoms with Crippen molar-refractivity contribution in [3.05, 3.63) is 34.9 Å². The summed E-state index contributed by atoms with van der Waals surface area (Å²) >= 11 is 6.30. The summed E-state index contributed by atoms with van der Waals surface area (Å²) < 4.78 is 0. The molecule has 2 fully saturated rings. The van der Waals surface area contributed by atoms with Gasteiger partial charge in [-0.2, -0.15) is 0 Å². The lowest BCUT2D eigenvalue weighted by Gasteiger charge is -2.31. The molecule has 2 nitrogen and oxygen atoms in total. The van der Waals surface area contributed by atoms with Crippen molar-refractivity contribution < 1.29 is 0 Å². The van der Waals surface area contributed by atoms with Gasteiger partial charge in [0.15, 0.2) is 0 Å². The maximum absolute atomic E-state index is 6.30. The third-order valence-corrected chi connectivity index (χ3v) is 5.32. The Kier molecular flexibility index (Phi) is 3.84. The average Bonchev–Trinajstić information content (AvgIpc) is 3.00. The Morgan fingerprint density at radius 3 is 2.79 bits per heavy atom. The van der Waals surface area contributed by atoms with E-state index in [1.54, 1.807) is 0 Å². The smallest absolute Gasteiger partial charge is 0.0453 e. The SMILES string of the molecule is CC(c1ccccc1Cl)N(C)CC1CC2CCC1N2. The predicted octanol–water partition coefficient (Wildman–Crippen LogP) is 3.47. The number of fused-ring (bicyclic) bond motifs is 2. The highest BCUT2D eigenvalue weighted by atomic mass is 35.5. The second-order valence-corrected chi connectivity index (χ2v) is 6.59. The van der Waals surface area contributed by atoms with Crippen LogP contribution < -0.4 is 5.32 Å². The molecule has 104 valence electrons. The molecular formula is C16H23ClN2. The van der Waals surface area contributed by atoms with Gasteiger partial charge in [-0.15, -0.1) is 0 Å². The van der Waals surface area contributed by atoms with Gasteiger partial charge in [-0.1, -0.05) is 29.8 Å². The van der Waals surface area contributed by atoms with Crippen molar-refractivity contribution in [2.75, 3.05) is 13.6 Å². The lowest BCUT2D eigenvalue weighted by atomic mass is 9.88. The zero-order valence-corrected chi connectivity index (χ0v) is 12.5. The molecule has 2 saturated heterocycles. The molecule has 4 unspecified atom stereocenters. The second-order valence-electron chi connectivity index (χ2n) is 6.18. The minimum Gasteiger partial charge on any atom is -0.311 e. The number of nitrogens with zero attached hydrogens (tertiary/aromatic N) is 1. The Balaban J connectivity index is 1.64. The molecule has 2 aliphatic heterocycles. The van der Waals surface area contributed by atoms with E-state index in [1.165, 1.54) is 31.4 Å². The van der Waals surface area contributed by atoms with Crippen LogP contribution >= 0.6 is 11.6 Å². The minimum absolute atomic E-state index is 0.382. The third kappa shape index (κ3) is 2.67. The van der Waals surface area contributed by atoms with Gasteiger partial charge in [-0.25, -0.2) is 0 Å². The third-order valence-electron chi connectivity index (χ3n) is 4.97. The molecule has 3 heteroatoms. The molecule has 1 aromatic rings. The molecule has 1 aromatic carbocycles. The Morgan fingerprint density at radius 2 is 2.16 bits per heavy atom. The highest BCUT2D eigenvalue weighted by Gasteiger charge is 2.39. The number of rotatable bonds is 4. The van der Waals surface area contributed by atoms with Gasteiger partial charge < -0.3 is 5.32 Å². The number of benzene rings is 1. The highest BCUT2D eigenvalue weighted by molar-refractivity contribution is 6.31. The van der Waals surface area contributed by atoms with Gasteiger partial charge in [-0.3, -0.25) is 4.90 Å². The topological polar surface area (TPSA) is 15.3 Å². The van der Waals surface area contributed by atoms with E-state index in [4.69, 9.17) is 11.6 Å². The molecule has 0 aliphatic carbocycles. The first kappa shape index (κ1) is 13.4. The molecule has 0 radical (unpaired) electrons.